The predicted octanol–water partition coefficient (Wildman–Crippen LogP) is 1.19. The van der Waals surface area contributed by atoms with Gasteiger partial charge in [0.15, 0.2) is 23.0 Å². The maximum atomic E-state index is 13.5. The number of aromatic nitrogens is 1. The Morgan fingerprint density at radius 2 is 2.16 bits per heavy atom. The van der Waals surface area contributed by atoms with Crippen LogP contribution in [0.4, 0.5) is 8.78 Å². The molecular weight excluding hydrogens is 336 g/mol. The zero-order valence-electron chi connectivity index (χ0n) is 13.7. The Morgan fingerprint density at radius 1 is 1.36 bits per heavy atom. The number of hydrogen-bond donors (Lipinski definition) is 2. The lowest BCUT2D eigenvalue weighted by molar-refractivity contribution is 0.0939. The molecule has 1 aromatic heterocycles. The van der Waals surface area contributed by atoms with E-state index in [1.54, 1.807) is 0 Å². The summed E-state index contributed by atoms with van der Waals surface area (Å²) in [5, 5.41) is 15.1. The quantitative estimate of drug-likeness (QED) is 0.702. The van der Waals surface area contributed by atoms with Crippen molar-refractivity contribution < 1.29 is 27.9 Å². The molecule has 1 aromatic carbocycles. The number of nitrogens with zero attached hydrogens (tertiary/aromatic N) is 2. The third-order valence-electron chi connectivity index (χ3n) is 3.32. The van der Waals surface area contributed by atoms with Crippen molar-refractivity contribution in [3.63, 3.8) is 0 Å². The molecule has 0 bridgehead atoms. The van der Waals surface area contributed by atoms with Gasteiger partial charge in [0, 0.05) is 31.8 Å². The molecule has 0 aliphatic carbocycles. The van der Waals surface area contributed by atoms with Gasteiger partial charge in [-0.1, -0.05) is 5.16 Å². The Balaban J connectivity index is 1.81. The zero-order valence-corrected chi connectivity index (χ0v) is 13.7. The molecule has 9 heteroatoms. The van der Waals surface area contributed by atoms with E-state index >= 15 is 0 Å². The highest BCUT2D eigenvalue weighted by Crippen LogP contribution is 2.19. The van der Waals surface area contributed by atoms with Gasteiger partial charge in [-0.3, -0.25) is 4.79 Å². The van der Waals surface area contributed by atoms with Gasteiger partial charge in [0.05, 0.1) is 6.61 Å². The number of nitrogens with one attached hydrogen (secondary N) is 1. The fourth-order valence-corrected chi connectivity index (χ4v) is 1.96. The number of rotatable bonds is 9. The molecule has 0 unspecified atom stereocenters. The van der Waals surface area contributed by atoms with Crippen LogP contribution < -0.4 is 10.1 Å². The van der Waals surface area contributed by atoms with Gasteiger partial charge in [-0.25, -0.2) is 8.78 Å². The van der Waals surface area contributed by atoms with Crippen LogP contribution in [0.2, 0.25) is 0 Å². The summed E-state index contributed by atoms with van der Waals surface area (Å²) in [4.78, 5) is 13.8. The Bertz CT molecular complexity index is 708. The Morgan fingerprint density at radius 3 is 2.88 bits per heavy atom. The van der Waals surface area contributed by atoms with Crippen LogP contribution in [-0.2, 0) is 6.61 Å². The summed E-state index contributed by atoms with van der Waals surface area (Å²) >= 11 is 0. The third kappa shape index (κ3) is 5.80. The fraction of sp³-hybridized carbons (Fsp3) is 0.375. The molecule has 0 spiro atoms. The molecule has 0 radical (unpaired) electrons. The first-order chi connectivity index (χ1) is 12.0. The fourth-order valence-electron chi connectivity index (χ4n) is 1.96. The number of hydrogen-bond acceptors (Lipinski definition) is 6. The molecule has 25 heavy (non-hydrogen) atoms. The number of aliphatic hydroxyl groups excluding tert-OH is 1. The van der Waals surface area contributed by atoms with Crippen LogP contribution in [0, 0.1) is 11.6 Å². The summed E-state index contributed by atoms with van der Waals surface area (Å²) in [7, 11) is 1.82. The van der Waals surface area contributed by atoms with E-state index in [-0.39, 0.29) is 30.4 Å². The maximum Gasteiger partial charge on any atom is 0.273 e. The normalized spacial score (nSPS) is 10.9. The number of likely N-dealkylation sites (N-methyl/N-ethyl adjacent to an activating group) is 1. The topological polar surface area (TPSA) is 87.8 Å². The molecule has 2 aromatic rings. The molecular formula is C16H19F2N3O4. The molecule has 0 aliphatic rings. The van der Waals surface area contributed by atoms with Crippen LogP contribution in [-0.4, -0.2) is 54.4 Å². The summed E-state index contributed by atoms with van der Waals surface area (Å²) in [5.41, 5.74) is 0.0722. The van der Waals surface area contributed by atoms with E-state index in [9.17, 15) is 13.6 Å². The largest absolute Gasteiger partial charge is 0.482 e. The van der Waals surface area contributed by atoms with Gasteiger partial charge in [-0.15, -0.1) is 0 Å². The Hall–Kier alpha value is -2.52. The summed E-state index contributed by atoms with van der Waals surface area (Å²) < 4.78 is 36.4. The standard InChI is InChI=1S/C16H19F2N3O4/c1-21(6-7-22)5-4-19-16(23)14-9-12(25-20-14)10-24-15-3-2-11(17)8-13(15)18/h2-3,8-9,22H,4-7,10H2,1H3,(H,19,23). The van der Waals surface area contributed by atoms with E-state index in [1.807, 2.05) is 11.9 Å². The van der Waals surface area contributed by atoms with E-state index in [0.717, 1.165) is 12.1 Å². The second kappa shape index (κ2) is 9.09. The average Bonchev–Trinajstić information content (AvgIpc) is 3.03. The van der Waals surface area contributed by atoms with Gasteiger partial charge >= 0.3 is 0 Å². The number of benzene rings is 1. The van der Waals surface area contributed by atoms with Gasteiger partial charge in [0.1, 0.15) is 12.4 Å². The van der Waals surface area contributed by atoms with Crippen molar-refractivity contribution in [3.8, 4) is 5.75 Å². The zero-order chi connectivity index (χ0) is 18.2. The summed E-state index contributed by atoms with van der Waals surface area (Å²) in [6, 6.07) is 4.33. The second-order valence-corrected chi connectivity index (χ2v) is 5.32. The summed E-state index contributed by atoms with van der Waals surface area (Å²) in [5.74, 6) is -1.85. The van der Waals surface area contributed by atoms with Crippen LogP contribution in [0.15, 0.2) is 28.8 Å². The minimum absolute atomic E-state index is 0.0474. The molecule has 0 saturated carbocycles. The van der Waals surface area contributed by atoms with Crippen molar-refractivity contribution in [3.05, 3.63) is 47.4 Å². The lowest BCUT2D eigenvalue weighted by Crippen LogP contribution is -2.34. The van der Waals surface area contributed by atoms with Gasteiger partial charge in [0.25, 0.3) is 5.91 Å². The SMILES string of the molecule is CN(CCO)CCNC(=O)c1cc(COc2ccc(F)cc2F)on1. The lowest BCUT2D eigenvalue weighted by Gasteiger charge is -2.14. The van der Waals surface area contributed by atoms with Crippen molar-refractivity contribution in [1.29, 1.82) is 0 Å². The van der Waals surface area contributed by atoms with Gasteiger partial charge in [-0.2, -0.15) is 0 Å². The monoisotopic (exact) mass is 355 g/mol. The lowest BCUT2D eigenvalue weighted by atomic mass is 10.3. The number of carbonyl (C=O) groups excluding carboxylic acids is 1. The predicted molar refractivity (Wildman–Crippen MR) is 84.1 cm³/mol. The molecule has 7 nitrogen and oxygen atoms in total. The van der Waals surface area contributed by atoms with E-state index in [4.69, 9.17) is 14.4 Å². The maximum absolute atomic E-state index is 13.5. The van der Waals surface area contributed by atoms with E-state index in [2.05, 4.69) is 10.5 Å². The van der Waals surface area contributed by atoms with Crippen molar-refractivity contribution in [2.75, 3.05) is 33.3 Å². The molecule has 2 rings (SSSR count). The number of aliphatic hydroxyl groups is 1. The second-order valence-electron chi connectivity index (χ2n) is 5.32. The highest BCUT2D eigenvalue weighted by molar-refractivity contribution is 5.92. The smallest absolute Gasteiger partial charge is 0.273 e. The first-order valence-electron chi connectivity index (χ1n) is 7.60. The van der Waals surface area contributed by atoms with Gasteiger partial charge in [-0.05, 0) is 19.2 Å². The molecule has 0 saturated heterocycles. The molecule has 1 amide bonds. The van der Waals surface area contributed by atoms with Gasteiger partial charge < -0.3 is 24.6 Å². The average molecular weight is 355 g/mol. The van der Waals surface area contributed by atoms with Crippen molar-refractivity contribution in [2.45, 2.75) is 6.61 Å². The van der Waals surface area contributed by atoms with E-state index < -0.39 is 17.5 Å². The molecule has 136 valence electrons. The number of amides is 1. The van der Waals surface area contributed by atoms with Crippen molar-refractivity contribution >= 4 is 5.91 Å². The third-order valence-corrected chi connectivity index (χ3v) is 3.32. The Kier molecular flexibility index (Phi) is 6.84. The van der Waals surface area contributed by atoms with Crippen molar-refractivity contribution in [2.24, 2.45) is 0 Å². The summed E-state index contributed by atoms with van der Waals surface area (Å²) in [6.45, 7) is 1.37. The number of halogens is 2. The highest BCUT2D eigenvalue weighted by atomic mass is 19.1. The van der Waals surface area contributed by atoms with Crippen LogP contribution in [0.1, 0.15) is 16.2 Å². The van der Waals surface area contributed by atoms with E-state index in [1.165, 1.54) is 6.07 Å². The molecule has 0 aliphatic heterocycles. The molecule has 1 heterocycles. The highest BCUT2D eigenvalue weighted by Gasteiger charge is 2.13. The number of ether oxygens (including phenoxy) is 1. The first-order valence-corrected chi connectivity index (χ1v) is 7.60. The summed E-state index contributed by atoms with van der Waals surface area (Å²) in [6.07, 6.45) is 0. The van der Waals surface area contributed by atoms with Crippen LogP contribution >= 0.6 is 0 Å². The van der Waals surface area contributed by atoms with Gasteiger partial charge in [0.2, 0.25) is 0 Å². The van der Waals surface area contributed by atoms with E-state index in [0.29, 0.717) is 25.7 Å². The number of carbonyl (C=O) groups is 1. The Labute approximate surface area is 143 Å². The van der Waals surface area contributed by atoms with Crippen LogP contribution in [0.25, 0.3) is 0 Å². The van der Waals surface area contributed by atoms with Crippen LogP contribution in [0.3, 0.4) is 0 Å². The molecule has 2 N–H and O–H groups in total. The first kappa shape index (κ1) is 18.8. The van der Waals surface area contributed by atoms with Crippen LogP contribution in [0.5, 0.6) is 5.75 Å². The minimum atomic E-state index is -0.829. The van der Waals surface area contributed by atoms with Crippen molar-refractivity contribution in [1.82, 2.24) is 15.4 Å². The molecule has 0 atom stereocenters. The minimum Gasteiger partial charge on any atom is -0.482 e. The molecule has 0 fully saturated rings.